The lowest BCUT2D eigenvalue weighted by Gasteiger charge is -2.15. The zero-order valence-corrected chi connectivity index (χ0v) is 8.95. The monoisotopic (exact) mass is 209 g/mol. The number of nitrogens with one attached hydrogen (secondary N) is 2. The quantitative estimate of drug-likeness (QED) is 0.757. The van der Waals surface area contributed by atoms with Crippen molar-refractivity contribution in [2.24, 2.45) is 0 Å². The first-order valence-electron chi connectivity index (χ1n) is 5.04. The first kappa shape index (κ1) is 9.95. The number of carbonyl (C=O) groups is 1. The van der Waals surface area contributed by atoms with E-state index < -0.39 is 0 Å². The van der Waals surface area contributed by atoms with Gasteiger partial charge >= 0.3 is 6.03 Å². The minimum absolute atomic E-state index is 0.0556. The van der Waals surface area contributed by atoms with Gasteiger partial charge in [0, 0.05) is 13.1 Å². The lowest BCUT2D eigenvalue weighted by Crippen LogP contribution is -2.38. The molecule has 0 bridgehead atoms. The molecule has 1 aliphatic carbocycles. The molecule has 0 radical (unpaired) electrons. The number of aryl methyl sites for hydroxylation is 1. The maximum absolute atomic E-state index is 11.6. The van der Waals surface area contributed by atoms with Crippen LogP contribution in [0.5, 0.6) is 0 Å². The SMILES string of the molecule is Cc1nc(CN(C)C(=O)NC2CC2)n[nH]1. The van der Waals surface area contributed by atoms with Crippen molar-refractivity contribution in [1.29, 1.82) is 0 Å². The third kappa shape index (κ3) is 2.68. The maximum Gasteiger partial charge on any atom is 0.317 e. The van der Waals surface area contributed by atoms with Gasteiger partial charge in [-0.05, 0) is 19.8 Å². The van der Waals surface area contributed by atoms with Gasteiger partial charge in [-0.2, -0.15) is 5.10 Å². The molecule has 1 fully saturated rings. The van der Waals surface area contributed by atoms with Crippen molar-refractivity contribution in [2.45, 2.75) is 32.4 Å². The summed E-state index contributed by atoms with van der Waals surface area (Å²) in [6.45, 7) is 2.27. The summed E-state index contributed by atoms with van der Waals surface area (Å²) in [5, 5.41) is 9.62. The molecular weight excluding hydrogens is 194 g/mol. The fourth-order valence-corrected chi connectivity index (χ4v) is 1.26. The molecule has 2 N–H and O–H groups in total. The normalized spacial score (nSPS) is 15.1. The Balaban J connectivity index is 1.84. The summed E-state index contributed by atoms with van der Waals surface area (Å²) in [5.41, 5.74) is 0. The summed E-state index contributed by atoms with van der Waals surface area (Å²) in [6, 6.07) is 0.328. The molecule has 2 amide bonds. The van der Waals surface area contributed by atoms with Gasteiger partial charge in [0.15, 0.2) is 5.82 Å². The zero-order chi connectivity index (χ0) is 10.8. The van der Waals surface area contributed by atoms with Crippen LogP contribution in [0.4, 0.5) is 4.79 Å². The van der Waals surface area contributed by atoms with Crippen LogP contribution in [0.3, 0.4) is 0 Å². The predicted molar refractivity (Wildman–Crippen MR) is 54.1 cm³/mol. The molecule has 0 unspecified atom stereocenters. The van der Waals surface area contributed by atoms with Gasteiger partial charge in [-0.25, -0.2) is 9.78 Å². The van der Waals surface area contributed by atoms with E-state index in [4.69, 9.17) is 0 Å². The van der Waals surface area contributed by atoms with Gasteiger partial charge < -0.3 is 10.2 Å². The third-order valence-corrected chi connectivity index (χ3v) is 2.27. The molecule has 2 rings (SSSR count). The Bertz CT molecular complexity index is 357. The number of rotatable bonds is 3. The highest BCUT2D eigenvalue weighted by molar-refractivity contribution is 5.74. The van der Waals surface area contributed by atoms with Gasteiger partial charge in [-0.3, -0.25) is 5.10 Å². The second-order valence-corrected chi connectivity index (χ2v) is 3.92. The predicted octanol–water partition coefficient (Wildman–Crippen LogP) is 0.417. The van der Waals surface area contributed by atoms with Crippen molar-refractivity contribution < 1.29 is 4.79 Å². The van der Waals surface area contributed by atoms with Gasteiger partial charge in [0.05, 0.1) is 6.54 Å². The minimum Gasteiger partial charge on any atom is -0.335 e. The van der Waals surface area contributed by atoms with Crippen molar-refractivity contribution >= 4 is 6.03 Å². The number of urea groups is 1. The molecule has 82 valence electrons. The molecule has 1 aromatic heterocycles. The number of hydrogen-bond donors (Lipinski definition) is 2. The van der Waals surface area contributed by atoms with E-state index in [1.165, 1.54) is 0 Å². The summed E-state index contributed by atoms with van der Waals surface area (Å²) < 4.78 is 0. The van der Waals surface area contributed by atoms with Gasteiger partial charge in [0.2, 0.25) is 0 Å². The van der Waals surface area contributed by atoms with Crippen molar-refractivity contribution in [1.82, 2.24) is 25.4 Å². The van der Waals surface area contributed by atoms with Gasteiger partial charge in [0.25, 0.3) is 0 Å². The van der Waals surface area contributed by atoms with E-state index in [1.807, 2.05) is 6.92 Å². The molecule has 0 saturated heterocycles. The fourth-order valence-electron chi connectivity index (χ4n) is 1.26. The van der Waals surface area contributed by atoms with Crippen LogP contribution in [-0.4, -0.2) is 39.2 Å². The lowest BCUT2D eigenvalue weighted by molar-refractivity contribution is 0.205. The average molecular weight is 209 g/mol. The molecule has 6 nitrogen and oxygen atoms in total. The lowest BCUT2D eigenvalue weighted by atomic mass is 10.5. The van der Waals surface area contributed by atoms with Gasteiger partial charge in [-0.15, -0.1) is 0 Å². The van der Waals surface area contributed by atoms with Crippen molar-refractivity contribution in [3.8, 4) is 0 Å². The number of hydrogen-bond acceptors (Lipinski definition) is 3. The van der Waals surface area contributed by atoms with Crippen LogP contribution in [0.25, 0.3) is 0 Å². The molecular formula is C9H15N5O. The highest BCUT2D eigenvalue weighted by Gasteiger charge is 2.24. The smallest absolute Gasteiger partial charge is 0.317 e. The fraction of sp³-hybridized carbons (Fsp3) is 0.667. The average Bonchev–Trinajstić information content (AvgIpc) is 2.90. The molecule has 15 heavy (non-hydrogen) atoms. The Hall–Kier alpha value is -1.59. The molecule has 1 aliphatic rings. The number of H-pyrrole nitrogens is 1. The Morgan fingerprint density at radius 1 is 1.67 bits per heavy atom. The van der Waals surface area contributed by atoms with Crippen LogP contribution in [0.2, 0.25) is 0 Å². The van der Waals surface area contributed by atoms with Crippen LogP contribution in [0, 0.1) is 6.92 Å². The molecule has 0 aromatic carbocycles. The first-order valence-corrected chi connectivity index (χ1v) is 5.04. The molecule has 1 heterocycles. The third-order valence-electron chi connectivity index (χ3n) is 2.27. The summed E-state index contributed by atoms with van der Waals surface area (Å²) >= 11 is 0. The van der Waals surface area contributed by atoms with Crippen molar-refractivity contribution in [3.05, 3.63) is 11.6 Å². The van der Waals surface area contributed by atoms with E-state index >= 15 is 0 Å². The van der Waals surface area contributed by atoms with E-state index in [1.54, 1.807) is 11.9 Å². The van der Waals surface area contributed by atoms with E-state index in [0.29, 0.717) is 18.4 Å². The Labute approximate surface area is 88.1 Å². The Kier molecular flexibility index (Phi) is 2.57. The van der Waals surface area contributed by atoms with Gasteiger partial charge in [0.1, 0.15) is 5.82 Å². The standard InChI is InChI=1S/C9H15N5O/c1-6-10-8(13-12-6)5-14(2)9(15)11-7-3-4-7/h7H,3-5H2,1-2H3,(H,11,15)(H,10,12,13). The summed E-state index contributed by atoms with van der Waals surface area (Å²) in [6.07, 6.45) is 2.19. The number of carbonyl (C=O) groups excluding carboxylic acids is 1. The van der Waals surface area contributed by atoms with Crippen LogP contribution >= 0.6 is 0 Å². The van der Waals surface area contributed by atoms with Crippen molar-refractivity contribution in [3.63, 3.8) is 0 Å². The highest BCUT2D eigenvalue weighted by atomic mass is 16.2. The Morgan fingerprint density at radius 3 is 2.93 bits per heavy atom. The molecule has 1 saturated carbocycles. The molecule has 0 aliphatic heterocycles. The molecule has 0 atom stereocenters. The van der Waals surface area contributed by atoms with E-state index in [-0.39, 0.29) is 6.03 Å². The first-order chi connectivity index (χ1) is 7.15. The highest BCUT2D eigenvalue weighted by Crippen LogP contribution is 2.18. The molecule has 1 aromatic rings. The van der Waals surface area contributed by atoms with E-state index in [2.05, 4.69) is 20.5 Å². The molecule has 0 spiro atoms. The van der Waals surface area contributed by atoms with E-state index in [9.17, 15) is 4.79 Å². The second kappa shape index (κ2) is 3.88. The van der Waals surface area contributed by atoms with Crippen LogP contribution in [0.1, 0.15) is 24.5 Å². The Morgan fingerprint density at radius 2 is 2.40 bits per heavy atom. The maximum atomic E-state index is 11.6. The topological polar surface area (TPSA) is 73.9 Å². The molecule has 6 heteroatoms. The minimum atomic E-state index is -0.0556. The summed E-state index contributed by atoms with van der Waals surface area (Å²) in [7, 11) is 1.74. The second-order valence-electron chi connectivity index (χ2n) is 3.92. The van der Waals surface area contributed by atoms with Crippen LogP contribution in [-0.2, 0) is 6.54 Å². The van der Waals surface area contributed by atoms with Crippen molar-refractivity contribution in [2.75, 3.05) is 7.05 Å². The van der Waals surface area contributed by atoms with Gasteiger partial charge in [-0.1, -0.05) is 0 Å². The summed E-state index contributed by atoms with van der Waals surface area (Å²) in [5.74, 6) is 1.40. The van der Waals surface area contributed by atoms with E-state index in [0.717, 1.165) is 18.7 Å². The summed E-state index contributed by atoms with van der Waals surface area (Å²) in [4.78, 5) is 17.3. The largest absolute Gasteiger partial charge is 0.335 e. The number of amides is 2. The van der Waals surface area contributed by atoms with Crippen LogP contribution in [0.15, 0.2) is 0 Å². The number of aromatic amines is 1. The van der Waals surface area contributed by atoms with Crippen LogP contribution < -0.4 is 5.32 Å². The zero-order valence-electron chi connectivity index (χ0n) is 8.95. The number of nitrogens with zero attached hydrogens (tertiary/aromatic N) is 3. The number of aromatic nitrogens is 3.